The molecule has 0 spiro atoms. The van der Waals surface area contributed by atoms with Gasteiger partial charge in [-0.05, 0) is 61.7 Å². The molecule has 0 saturated heterocycles. The normalized spacial score (nSPS) is 17.1. The van der Waals surface area contributed by atoms with Crippen LogP contribution in [0.3, 0.4) is 0 Å². The summed E-state index contributed by atoms with van der Waals surface area (Å²) in [5.41, 5.74) is 2.43. The van der Waals surface area contributed by atoms with Crippen LogP contribution in [0.4, 0.5) is 5.69 Å². The van der Waals surface area contributed by atoms with Crippen LogP contribution in [0.25, 0.3) is 0 Å². The quantitative estimate of drug-likeness (QED) is 0.482. The summed E-state index contributed by atoms with van der Waals surface area (Å²) < 4.78 is 21.9. The minimum atomic E-state index is -0.540. The van der Waals surface area contributed by atoms with Crippen LogP contribution in [-0.2, 0) is 11.3 Å². The number of hydrogen-bond acceptors (Lipinski definition) is 7. The van der Waals surface area contributed by atoms with Crippen LogP contribution in [0.2, 0.25) is 0 Å². The first-order chi connectivity index (χ1) is 16.6. The summed E-state index contributed by atoms with van der Waals surface area (Å²) in [5, 5.41) is 3.53. The van der Waals surface area contributed by atoms with E-state index < -0.39 is 5.97 Å². The lowest BCUT2D eigenvalue weighted by Crippen LogP contribution is -2.44. The van der Waals surface area contributed by atoms with E-state index in [-0.39, 0.29) is 30.5 Å². The van der Waals surface area contributed by atoms with Crippen molar-refractivity contribution in [1.29, 1.82) is 0 Å². The number of ether oxygens (including phenoxy) is 3. The van der Waals surface area contributed by atoms with Gasteiger partial charge in [-0.2, -0.15) is 0 Å². The second-order valence-corrected chi connectivity index (χ2v) is 8.22. The summed E-state index contributed by atoms with van der Waals surface area (Å²) in [5.74, 6) is 1.23. The van der Waals surface area contributed by atoms with E-state index in [4.69, 9.17) is 13.9 Å². The Hall–Kier alpha value is -3.94. The van der Waals surface area contributed by atoms with Crippen molar-refractivity contribution < 1.29 is 28.2 Å². The minimum Gasteiger partial charge on any atom is -0.490 e. The minimum absolute atomic E-state index is 0.0411. The Morgan fingerprint density at radius 2 is 1.91 bits per heavy atom. The van der Waals surface area contributed by atoms with Gasteiger partial charge in [-0.3, -0.25) is 4.79 Å². The number of fused-ring (bicyclic) bond motifs is 1. The Morgan fingerprint density at radius 3 is 2.68 bits per heavy atom. The average Bonchev–Trinajstić information content (AvgIpc) is 3.58. The molecule has 8 nitrogen and oxygen atoms in total. The summed E-state index contributed by atoms with van der Waals surface area (Å²) in [6.07, 6.45) is 1.71. The van der Waals surface area contributed by atoms with Gasteiger partial charge in [0.2, 0.25) is 5.76 Å². The molecule has 1 amide bonds. The first-order valence-corrected chi connectivity index (χ1v) is 11.3. The van der Waals surface area contributed by atoms with E-state index in [0.29, 0.717) is 29.4 Å². The maximum Gasteiger partial charge on any atom is 0.373 e. The van der Waals surface area contributed by atoms with Gasteiger partial charge < -0.3 is 28.8 Å². The van der Waals surface area contributed by atoms with Crippen molar-refractivity contribution in [1.82, 2.24) is 4.90 Å². The predicted molar refractivity (Wildman–Crippen MR) is 124 cm³/mol. The topological polar surface area (TPSA) is 90.2 Å². The van der Waals surface area contributed by atoms with E-state index in [2.05, 4.69) is 10.1 Å². The van der Waals surface area contributed by atoms with E-state index in [1.165, 1.54) is 7.11 Å². The Balaban J connectivity index is 1.40. The third-order valence-electron chi connectivity index (χ3n) is 5.90. The van der Waals surface area contributed by atoms with Crippen LogP contribution in [0, 0.1) is 0 Å². The Labute approximate surface area is 197 Å². The van der Waals surface area contributed by atoms with Crippen LogP contribution in [-0.4, -0.2) is 36.5 Å². The van der Waals surface area contributed by atoms with Crippen molar-refractivity contribution in [2.75, 3.05) is 19.0 Å². The molecule has 1 N–H and O–H groups in total. The van der Waals surface area contributed by atoms with E-state index in [9.17, 15) is 9.59 Å². The molecule has 1 fully saturated rings. The zero-order valence-corrected chi connectivity index (χ0v) is 19.1. The van der Waals surface area contributed by atoms with Gasteiger partial charge >= 0.3 is 5.97 Å². The second-order valence-electron chi connectivity index (χ2n) is 8.22. The van der Waals surface area contributed by atoms with E-state index in [1.807, 2.05) is 54.3 Å². The second kappa shape index (κ2) is 9.13. The van der Waals surface area contributed by atoms with Gasteiger partial charge in [0, 0.05) is 11.7 Å². The van der Waals surface area contributed by atoms with Gasteiger partial charge in [0.1, 0.15) is 18.5 Å². The number of carbonyl (C=O) groups excluding carboxylic acids is 2. The Kier molecular flexibility index (Phi) is 5.88. The molecule has 0 radical (unpaired) electrons. The fourth-order valence-electron chi connectivity index (χ4n) is 4.14. The maximum atomic E-state index is 13.3. The first kappa shape index (κ1) is 21.9. The number of anilines is 1. The van der Waals surface area contributed by atoms with Crippen LogP contribution < -0.4 is 14.8 Å². The maximum absolute atomic E-state index is 13.3. The number of nitrogens with one attached hydrogen (secondary N) is 1. The van der Waals surface area contributed by atoms with Crippen molar-refractivity contribution >= 4 is 17.6 Å². The van der Waals surface area contributed by atoms with Crippen LogP contribution in [0.1, 0.15) is 58.2 Å². The van der Waals surface area contributed by atoms with E-state index in [1.54, 1.807) is 12.1 Å². The van der Waals surface area contributed by atoms with Crippen molar-refractivity contribution in [2.45, 2.75) is 38.6 Å². The van der Waals surface area contributed by atoms with Gasteiger partial charge in [0.15, 0.2) is 11.5 Å². The van der Waals surface area contributed by atoms with Gasteiger partial charge in [-0.1, -0.05) is 18.2 Å². The highest BCUT2D eigenvalue weighted by Gasteiger charge is 2.42. The molecule has 3 aromatic rings. The summed E-state index contributed by atoms with van der Waals surface area (Å²) in [4.78, 5) is 26.8. The third kappa shape index (κ3) is 4.19. The molecular weight excluding hydrogens is 436 g/mol. The SMILES string of the molecule is CCOc1cc([C@H]2Nc3ccccc3C(=O)N2C2CC2)ccc1OCc1ccc(C(=O)OC)o1. The molecule has 1 aliphatic carbocycles. The van der Waals surface area contributed by atoms with Crippen LogP contribution in [0.15, 0.2) is 59.0 Å². The van der Waals surface area contributed by atoms with Crippen molar-refractivity contribution in [2.24, 2.45) is 0 Å². The third-order valence-corrected chi connectivity index (χ3v) is 5.90. The zero-order valence-electron chi connectivity index (χ0n) is 19.1. The number of nitrogens with zero attached hydrogens (tertiary/aromatic N) is 1. The Bertz CT molecular complexity index is 1220. The highest BCUT2D eigenvalue weighted by Crippen LogP contribution is 2.42. The summed E-state index contributed by atoms with van der Waals surface area (Å²) in [6.45, 7) is 2.48. The molecule has 2 aromatic carbocycles. The molecule has 2 aliphatic rings. The van der Waals surface area contributed by atoms with Gasteiger partial charge in [0.05, 0.1) is 19.3 Å². The van der Waals surface area contributed by atoms with Crippen LogP contribution in [0.5, 0.6) is 11.5 Å². The number of amides is 1. The van der Waals surface area contributed by atoms with E-state index in [0.717, 1.165) is 24.1 Å². The summed E-state index contributed by atoms with van der Waals surface area (Å²) >= 11 is 0. The van der Waals surface area contributed by atoms with Crippen molar-refractivity contribution in [3.05, 3.63) is 77.2 Å². The molecule has 1 aliphatic heterocycles. The zero-order chi connectivity index (χ0) is 23.7. The molecule has 1 saturated carbocycles. The number of rotatable bonds is 8. The lowest BCUT2D eigenvalue weighted by atomic mass is 10.0. The lowest BCUT2D eigenvalue weighted by molar-refractivity contribution is 0.0560. The largest absolute Gasteiger partial charge is 0.490 e. The Morgan fingerprint density at radius 1 is 1.09 bits per heavy atom. The van der Waals surface area contributed by atoms with Gasteiger partial charge in [0.25, 0.3) is 5.91 Å². The van der Waals surface area contributed by atoms with Gasteiger partial charge in [-0.15, -0.1) is 0 Å². The molecular formula is C26H26N2O6. The first-order valence-electron chi connectivity index (χ1n) is 11.3. The molecule has 1 atom stereocenters. The van der Waals surface area contributed by atoms with Crippen molar-refractivity contribution in [3.8, 4) is 11.5 Å². The summed E-state index contributed by atoms with van der Waals surface area (Å²) in [6, 6.07) is 16.7. The fraction of sp³-hybridized carbons (Fsp3) is 0.308. The number of methoxy groups -OCH3 is 1. The number of hydrogen-bond donors (Lipinski definition) is 1. The molecule has 8 heteroatoms. The average molecular weight is 463 g/mol. The number of benzene rings is 2. The molecule has 5 rings (SSSR count). The molecule has 34 heavy (non-hydrogen) atoms. The molecule has 1 aromatic heterocycles. The van der Waals surface area contributed by atoms with Gasteiger partial charge in [-0.25, -0.2) is 4.79 Å². The smallest absolute Gasteiger partial charge is 0.373 e. The standard InChI is InChI=1S/C26H26N2O6/c1-3-32-23-14-16(8-12-21(23)33-15-18-11-13-22(34-18)26(30)31-2)24-27-20-7-5-4-6-19(20)25(29)28(24)17-9-10-17/h4-8,11-14,17,24,27H,3,9-10,15H2,1-2H3/t24-/m0/s1. The molecule has 2 heterocycles. The number of para-hydroxylation sites is 1. The highest BCUT2D eigenvalue weighted by atomic mass is 16.5. The molecule has 176 valence electrons. The number of furan rings is 1. The number of carbonyl (C=O) groups is 2. The predicted octanol–water partition coefficient (Wildman–Crippen LogP) is 4.77. The van der Waals surface area contributed by atoms with Crippen molar-refractivity contribution in [3.63, 3.8) is 0 Å². The lowest BCUT2D eigenvalue weighted by Gasteiger charge is -2.38. The highest BCUT2D eigenvalue weighted by molar-refractivity contribution is 6.02. The van der Waals surface area contributed by atoms with Crippen LogP contribution >= 0.6 is 0 Å². The summed E-state index contributed by atoms with van der Waals surface area (Å²) in [7, 11) is 1.30. The fourth-order valence-corrected chi connectivity index (χ4v) is 4.14. The molecule has 0 unspecified atom stereocenters. The number of esters is 1. The monoisotopic (exact) mass is 462 g/mol. The molecule has 0 bridgehead atoms. The van der Waals surface area contributed by atoms with E-state index >= 15 is 0 Å².